The first-order valence-electron chi connectivity index (χ1n) is 37.4. The Balaban J connectivity index is 3.38. The Labute approximate surface area is 518 Å². The van der Waals surface area contributed by atoms with E-state index in [1.54, 1.807) is 0 Å². The van der Waals surface area contributed by atoms with Crippen molar-refractivity contribution in [2.45, 2.75) is 418 Å². The van der Waals surface area contributed by atoms with Gasteiger partial charge in [-0.1, -0.05) is 351 Å². The highest BCUT2D eigenvalue weighted by Gasteiger charge is 2.20. The number of rotatable bonds is 70. The summed E-state index contributed by atoms with van der Waals surface area (Å²) in [4.78, 5) is 24.6. The molecule has 3 N–H and O–H groups in total. The van der Waals surface area contributed by atoms with E-state index >= 15 is 0 Å². The number of esters is 1. The van der Waals surface area contributed by atoms with Gasteiger partial charge in [0.1, 0.15) is 0 Å². The summed E-state index contributed by atoms with van der Waals surface area (Å²) < 4.78 is 5.49. The SMILES string of the molecule is CCCCCC/C=C\C/C=C\CCCCCCCC(=O)OCCCCCCCCCCC/C=C\C/C=C\CCCCCCCCCCCCCCCCCCCC(=O)NC(CO)C(O)CCCCCCCCCCCCCCCCCCC. The molecule has 0 rings (SSSR count). The molecule has 488 valence electrons. The Morgan fingerprint density at radius 3 is 0.928 bits per heavy atom. The minimum atomic E-state index is -0.664. The van der Waals surface area contributed by atoms with E-state index in [1.807, 2.05) is 0 Å². The Kier molecular flexibility index (Phi) is 70.4. The zero-order chi connectivity index (χ0) is 59.9. The van der Waals surface area contributed by atoms with Crippen molar-refractivity contribution >= 4 is 11.9 Å². The molecule has 0 aliphatic carbocycles. The Hall–Kier alpha value is -2.18. The third kappa shape index (κ3) is 68.8. The molecule has 0 aromatic heterocycles. The number of aliphatic hydroxyl groups is 2. The van der Waals surface area contributed by atoms with Crippen LogP contribution in [0, 0.1) is 0 Å². The van der Waals surface area contributed by atoms with Crippen molar-refractivity contribution < 1.29 is 24.5 Å². The van der Waals surface area contributed by atoms with Crippen molar-refractivity contribution in [1.29, 1.82) is 0 Å². The molecule has 0 aromatic carbocycles. The molecule has 0 bridgehead atoms. The molecule has 0 radical (unpaired) electrons. The number of nitrogens with one attached hydrogen (secondary N) is 1. The maximum Gasteiger partial charge on any atom is 0.305 e. The average Bonchev–Trinajstić information content (AvgIpc) is 3.49. The Bertz CT molecular complexity index is 1390. The standard InChI is InChI=1S/C77H145NO5/c1-3-5-7-9-11-13-15-17-19-38-41-45-49-53-57-61-65-69-75(80)74(73-79)78-76(81)70-66-62-58-54-50-46-42-39-36-34-32-30-28-26-24-22-21-23-25-27-29-31-33-35-37-40-44-48-52-56-60-64-68-72-83-77(82)71-67-63-59-55-51-47-43-20-18-16-14-12-10-8-6-4-2/h14,16,20,25,27,31,33,43,74-75,79-80H,3-13,15,17-19,21-24,26,28-30,32,34-42,44-73H2,1-2H3,(H,78,81)/b16-14-,27-25-,33-31-,43-20-. The largest absolute Gasteiger partial charge is 0.466 e. The summed E-state index contributed by atoms with van der Waals surface area (Å²) in [6.07, 6.45) is 94.6. The minimum absolute atomic E-state index is 0.000947. The molecule has 0 aliphatic heterocycles. The van der Waals surface area contributed by atoms with Crippen molar-refractivity contribution in [3.63, 3.8) is 0 Å². The molecule has 0 aromatic rings. The first-order chi connectivity index (χ1) is 41.0. The van der Waals surface area contributed by atoms with E-state index in [9.17, 15) is 19.8 Å². The highest BCUT2D eigenvalue weighted by atomic mass is 16.5. The molecule has 0 fully saturated rings. The van der Waals surface area contributed by atoms with Gasteiger partial charge < -0.3 is 20.3 Å². The second-order valence-corrected chi connectivity index (χ2v) is 25.6. The molecule has 0 saturated heterocycles. The quantitative estimate of drug-likeness (QED) is 0.0320. The average molecular weight is 1170 g/mol. The predicted octanol–water partition coefficient (Wildman–Crippen LogP) is 24.4. The summed E-state index contributed by atoms with van der Waals surface area (Å²) in [7, 11) is 0. The van der Waals surface area contributed by atoms with Crippen molar-refractivity contribution in [3.05, 3.63) is 48.6 Å². The van der Waals surface area contributed by atoms with Gasteiger partial charge in [-0.15, -0.1) is 0 Å². The number of unbranched alkanes of at least 4 members (excludes halogenated alkanes) is 51. The first kappa shape index (κ1) is 80.8. The molecule has 2 unspecified atom stereocenters. The van der Waals surface area contributed by atoms with Crippen molar-refractivity contribution in [2.24, 2.45) is 0 Å². The second-order valence-electron chi connectivity index (χ2n) is 25.6. The predicted molar refractivity (Wildman–Crippen MR) is 366 cm³/mol. The lowest BCUT2D eigenvalue weighted by atomic mass is 10.0. The molecule has 83 heavy (non-hydrogen) atoms. The summed E-state index contributed by atoms with van der Waals surface area (Å²) >= 11 is 0. The van der Waals surface area contributed by atoms with Crippen LogP contribution in [0.5, 0.6) is 0 Å². The number of aliphatic hydroxyl groups excluding tert-OH is 2. The summed E-state index contributed by atoms with van der Waals surface area (Å²) in [5.74, 6) is -0.0290. The Morgan fingerprint density at radius 2 is 0.602 bits per heavy atom. The van der Waals surface area contributed by atoms with Crippen molar-refractivity contribution in [1.82, 2.24) is 5.32 Å². The molecule has 2 atom stereocenters. The second kappa shape index (κ2) is 72.3. The molecule has 0 saturated carbocycles. The van der Waals surface area contributed by atoms with E-state index < -0.39 is 12.1 Å². The lowest BCUT2D eigenvalue weighted by Crippen LogP contribution is -2.45. The fourth-order valence-electron chi connectivity index (χ4n) is 11.6. The van der Waals surface area contributed by atoms with Crippen LogP contribution in [0.4, 0.5) is 0 Å². The monoisotopic (exact) mass is 1160 g/mol. The maximum absolute atomic E-state index is 12.5. The van der Waals surface area contributed by atoms with E-state index in [0.717, 1.165) is 57.8 Å². The van der Waals surface area contributed by atoms with Crippen LogP contribution in [0.1, 0.15) is 406 Å². The van der Waals surface area contributed by atoms with Crippen LogP contribution < -0.4 is 5.32 Å². The van der Waals surface area contributed by atoms with Gasteiger partial charge in [0.25, 0.3) is 0 Å². The van der Waals surface area contributed by atoms with E-state index in [-0.39, 0.29) is 18.5 Å². The number of carbonyl (C=O) groups excluding carboxylic acids is 2. The van der Waals surface area contributed by atoms with Gasteiger partial charge in [-0.2, -0.15) is 0 Å². The van der Waals surface area contributed by atoms with E-state index in [1.165, 1.54) is 315 Å². The number of hydrogen-bond donors (Lipinski definition) is 3. The van der Waals surface area contributed by atoms with Crippen LogP contribution in [0.25, 0.3) is 0 Å². The normalized spacial score (nSPS) is 12.8. The van der Waals surface area contributed by atoms with Crippen LogP contribution in [-0.4, -0.2) is 47.4 Å². The Morgan fingerprint density at radius 1 is 0.337 bits per heavy atom. The summed E-state index contributed by atoms with van der Waals surface area (Å²) in [5.41, 5.74) is 0. The molecule has 0 aliphatic rings. The van der Waals surface area contributed by atoms with Gasteiger partial charge in [0.15, 0.2) is 0 Å². The lowest BCUT2D eigenvalue weighted by Gasteiger charge is -2.22. The van der Waals surface area contributed by atoms with Crippen LogP contribution >= 0.6 is 0 Å². The maximum atomic E-state index is 12.5. The third-order valence-corrected chi connectivity index (χ3v) is 17.4. The van der Waals surface area contributed by atoms with E-state index in [2.05, 4.69) is 67.8 Å². The van der Waals surface area contributed by atoms with Crippen molar-refractivity contribution in [3.8, 4) is 0 Å². The molecule has 0 heterocycles. The van der Waals surface area contributed by atoms with Gasteiger partial charge in [-0.3, -0.25) is 9.59 Å². The molecule has 6 nitrogen and oxygen atoms in total. The molecule has 0 spiro atoms. The number of carbonyl (C=O) groups is 2. The lowest BCUT2D eigenvalue weighted by molar-refractivity contribution is -0.143. The van der Waals surface area contributed by atoms with Gasteiger partial charge in [0.05, 0.1) is 25.4 Å². The highest BCUT2D eigenvalue weighted by Crippen LogP contribution is 2.19. The van der Waals surface area contributed by atoms with Crippen LogP contribution in [-0.2, 0) is 14.3 Å². The molecular weight excluding hydrogens is 1020 g/mol. The summed E-state index contributed by atoms with van der Waals surface area (Å²) in [6.45, 7) is 4.96. The number of ether oxygens (including phenoxy) is 1. The van der Waals surface area contributed by atoms with Crippen LogP contribution in [0.2, 0.25) is 0 Å². The zero-order valence-corrected chi connectivity index (χ0v) is 55.9. The minimum Gasteiger partial charge on any atom is -0.466 e. The van der Waals surface area contributed by atoms with Crippen molar-refractivity contribution in [2.75, 3.05) is 13.2 Å². The van der Waals surface area contributed by atoms with E-state index in [4.69, 9.17) is 4.74 Å². The number of allylic oxidation sites excluding steroid dienone is 8. The first-order valence-corrected chi connectivity index (χ1v) is 37.4. The summed E-state index contributed by atoms with van der Waals surface area (Å²) in [6, 6.07) is -0.541. The zero-order valence-electron chi connectivity index (χ0n) is 55.9. The smallest absolute Gasteiger partial charge is 0.305 e. The fourth-order valence-corrected chi connectivity index (χ4v) is 11.6. The number of hydrogen-bond acceptors (Lipinski definition) is 5. The van der Waals surface area contributed by atoms with Crippen LogP contribution in [0.15, 0.2) is 48.6 Å². The number of amides is 1. The van der Waals surface area contributed by atoms with Gasteiger partial charge in [-0.25, -0.2) is 0 Å². The van der Waals surface area contributed by atoms with Gasteiger partial charge in [0, 0.05) is 12.8 Å². The third-order valence-electron chi connectivity index (χ3n) is 17.4. The van der Waals surface area contributed by atoms with Gasteiger partial charge in [-0.05, 0) is 89.9 Å². The van der Waals surface area contributed by atoms with Gasteiger partial charge in [0.2, 0.25) is 5.91 Å². The molecular formula is C77H145NO5. The summed E-state index contributed by atoms with van der Waals surface area (Å²) in [5, 5.41) is 23.4. The topological polar surface area (TPSA) is 95.9 Å². The highest BCUT2D eigenvalue weighted by molar-refractivity contribution is 5.76. The van der Waals surface area contributed by atoms with Crippen LogP contribution in [0.3, 0.4) is 0 Å². The molecule has 6 heteroatoms. The van der Waals surface area contributed by atoms with Gasteiger partial charge >= 0.3 is 5.97 Å². The molecule has 1 amide bonds. The fraction of sp³-hybridized carbons (Fsp3) is 0.870. The van der Waals surface area contributed by atoms with E-state index in [0.29, 0.717) is 25.9 Å².